The van der Waals surface area contributed by atoms with Gasteiger partial charge < -0.3 is 4.90 Å². The second-order valence-corrected chi connectivity index (χ2v) is 6.11. The van der Waals surface area contributed by atoms with Crippen LogP contribution in [0, 0.1) is 0 Å². The maximum atomic E-state index is 5.31. The smallest absolute Gasteiger partial charge is 0.136 e. The molecule has 0 aliphatic rings. The fourth-order valence-corrected chi connectivity index (χ4v) is 2.73. The van der Waals surface area contributed by atoms with Crippen LogP contribution in [0.3, 0.4) is 0 Å². The van der Waals surface area contributed by atoms with Crippen LogP contribution < -0.4 is 0 Å². The van der Waals surface area contributed by atoms with E-state index in [4.69, 9.17) is 12.2 Å². The molecule has 3 heteroatoms. The molecule has 0 N–H and O–H groups in total. The Hall–Kier alpha value is 0.240. The molecular weight excluding hydrogens is 186 g/mol. The molecule has 72 valence electrons. The van der Waals surface area contributed by atoms with E-state index >= 15 is 0 Å². The predicted molar refractivity (Wildman–Crippen MR) is 62.9 cm³/mol. The van der Waals surface area contributed by atoms with E-state index in [0.29, 0.717) is 0 Å². The minimum atomic E-state index is 0.236. The molecule has 0 unspecified atom stereocenters. The van der Waals surface area contributed by atoms with Gasteiger partial charge in [-0.3, -0.25) is 0 Å². The van der Waals surface area contributed by atoms with Crippen LogP contribution in [0.5, 0.6) is 0 Å². The summed E-state index contributed by atoms with van der Waals surface area (Å²) in [5.74, 6) is 0. The largest absolute Gasteiger partial charge is 0.358 e. The number of thioether (sulfide) groups is 1. The van der Waals surface area contributed by atoms with Gasteiger partial charge in [0.05, 0.1) is 0 Å². The van der Waals surface area contributed by atoms with Gasteiger partial charge in [-0.15, -0.1) is 0 Å². The fraction of sp³-hybridized carbons (Fsp3) is 0.889. The normalized spacial score (nSPS) is 11.4. The van der Waals surface area contributed by atoms with E-state index in [-0.39, 0.29) is 4.75 Å². The fourth-order valence-electron chi connectivity index (χ4n) is 0.808. The summed E-state index contributed by atoms with van der Waals surface area (Å²) in [4.78, 5) is 2.21. The van der Waals surface area contributed by atoms with Crippen LogP contribution in [-0.4, -0.2) is 27.1 Å². The van der Waals surface area contributed by atoms with Crippen molar-refractivity contribution in [3.05, 3.63) is 0 Å². The molecule has 0 aliphatic carbocycles. The van der Waals surface area contributed by atoms with Crippen molar-refractivity contribution in [2.75, 3.05) is 13.1 Å². The maximum absolute atomic E-state index is 5.31. The lowest BCUT2D eigenvalue weighted by atomic mass is 10.3. The first-order valence-electron chi connectivity index (χ1n) is 4.38. The summed E-state index contributed by atoms with van der Waals surface area (Å²) in [5.41, 5.74) is 0. The molecule has 12 heavy (non-hydrogen) atoms. The Kier molecular flexibility index (Phi) is 5.18. The van der Waals surface area contributed by atoms with Crippen molar-refractivity contribution in [1.29, 1.82) is 0 Å². The van der Waals surface area contributed by atoms with E-state index in [1.165, 1.54) is 0 Å². The number of nitrogens with zero attached hydrogens (tertiary/aromatic N) is 1. The van der Waals surface area contributed by atoms with Gasteiger partial charge in [0, 0.05) is 17.8 Å². The van der Waals surface area contributed by atoms with Gasteiger partial charge in [0.1, 0.15) is 4.32 Å². The average molecular weight is 205 g/mol. The van der Waals surface area contributed by atoms with Crippen LogP contribution in [0.1, 0.15) is 34.6 Å². The van der Waals surface area contributed by atoms with Gasteiger partial charge in [-0.2, -0.15) is 0 Å². The third-order valence-corrected chi connectivity index (χ3v) is 2.97. The maximum Gasteiger partial charge on any atom is 0.136 e. The van der Waals surface area contributed by atoms with E-state index in [1.807, 2.05) is 0 Å². The molecule has 0 aromatic carbocycles. The van der Waals surface area contributed by atoms with Crippen molar-refractivity contribution < 1.29 is 0 Å². The monoisotopic (exact) mass is 205 g/mol. The van der Waals surface area contributed by atoms with Crippen LogP contribution in [-0.2, 0) is 0 Å². The summed E-state index contributed by atoms with van der Waals surface area (Å²) in [7, 11) is 0. The highest BCUT2D eigenvalue weighted by Gasteiger charge is 2.16. The summed E-state index contributed by atoms with van der Waals surface area (Å²) < 4.78 is 1.26. The van der Waals surface area contributed by atoms with Gasteiger partial charge in [0.2, 0.25) is 0 Å². The minimum Gasteiger partial charge on any atom is -0.358 e. The second kappa shape index (κ2) is 5.07. The highest BCUT2D eigenvalue weighted by molar-refractivity contribution is 8.23. The molecule has 0 radical (unpaired) electrons. The average Bonchev–Trinajstić information content (AvgIpc) is 1.85. The quantitative estimate of drug-likeness (QED) is 0.638. The molecule has 0 spiro atoms. The van der Waals surface area contributed by atoms with E-state index in [1.54, 1.807) is 11.8 Å². The Morgan fingerprint density at radius 1 is 1.25 bits per heavy atom. The first-order chi connectivity index (χ1) is 5.40. The highest BCUT2D eigenvalue weighted by Crippen LogP contribution is 2.26. The Morgan fingerprint density at radius 3 is 1.92 bits per heavy atom. The molecule has 0 atom stereocenters. The first kappa shape index (κ1) is 12.2. The van der Waals surface area contributed by atoms with E-state index in [9.17, 15) is 0 Å². The molecule has 0 aliphatic heterocycles. The molecule has 0 saturated carbocycles. The molecule has 0 rings (SSSR count). The van der Waals surface area contributed by atoms with Crippen LogP contribution in [0.2, 0.25) is 0 Å². The second-order valence-electron chi connectivity index (χ2n) is 3.65. The number of hydrogen-bond acceptors (Lipinski definition) is 2. The zero-order chi connectivity index (χ0) is 9.78. The van der Waals surface area contributed by atoms with Crippen LogP contribution in [0.4, 0.5) is 0 Å². The Labute approximate surface area is 85.9 Å². The molecule has 0 fully saturated rings. The van der Waals surface area contributed by atoms with Gasteiger partial charge in [-0.1, -0.05) is 44.8 Å². The van der Waals surface area contributed by atoms with Gasteiger partial charge >= 0.3 is 0 Å². The molecule has 0 saturated heterocycles. The van der Waals surface area contributed by atoms with E-state index in [0.717, 1.165) is 17.4 Å². The number of thiocarbonyl (C=S) groups is 1. The Balaban J connectivity index is 4.02. The third kappa shape index (κ3) is 4.99. The van der Waals surface area contributed by atoms with Crippen LogP contribution >= 0.6 is 24.0 Å². The molecule has 1 nitrogen and oxygen atoms in total. The lowest BCUT2D eigenvalue weighted by Gasteiger charge is -2.26. The molecule has 0 aromatic rings. The molecule has 0 heterocycles. The zero-order valence-electron chi connectivity index (χ0n) is 8.68. The zero-order valence-corrected chi connectivity index (χ0v) is 10.3. The third-order valence-electron chi connectivity index (χ3n) is 1.42. The summed E-state index contributed by atoms with van der Waals surface area (Å²) >= 11 is 7.08. The van der Waals surface area contributed by atoms with Crippen molar-refractivity contribution >= 4 is 28.3 Å². The summed E-state index contributed by atoms with van der Waals surface area (Å²) in [5, 5.41) is 0. The SMILES string of the molecule is CCN(CC)C(=S)SC(C)(C)C. The van der Waals surface area contributed by atoms with Gasteiger partial charge in [0.15, 0.2) is 0 Å². The lowest BCUT2D eigenvalue weighted by Crippen LogP contribution is -2.29. The lowest BCUT2D eigenvalue weighted by molar-refractivity contribution is 0.482. The van der Waals surface area contributed by atoms with Crippen molar-refractivity contribution in [3.63, 3.8) is 0 Å². The van der Waals surface area contributed by atoms with Gasteiger partial charge in [-0.05, 0) is 13.8 Å². The van der Waals surface area contributed by atoms with Crippen molar-refractivity contribution in [3.8, 4) is 0 Å². The Bertz CT molecular complexity index is 145. The van der Waals surface area contributed by atoms with E-state index in [2.05, 4.69) is 39.5 Å². The van der Waals surface area contributed by atoms with Gasteiger partial charge in [-0.25, -0.2) is 0 Å². The topological polar surface area (TPSA) is 3.24 Å². The Morgan fingerprint density at radius 2 is 1.67 bits per heavy atom. The summed E-state index contributed by atoms with van der Waals surface area (Å²) in [6.07, 6.45) is 0. The first-order valence-corrected chi connectivity index (χ1v) is 5.61. The van der Waals surface area contributed by atoms with E-state index < -0.39 is 0 Å². The molecule has 0 aromatic heterocycles. The van der Waals surface area contributed by atoms with Crippen LogP contribution in [0.25, 0.3) is 0 Å². The highest BCUT2D eigenvalue weighted by atomic mass is 32.2. The van der Waals surface area contributed by atoms with Crippen molar-refractivity contribution in [2.45, 2.75) is 39.4 Å². The number of rotatable bonds is 2. The minimum absolute atomic E-state index is 0.236. The molecule has 0 bridgehead atoms. The molecular formula is C9H19NS2. The molecule has 0 amide bonds. The standard InChI is InChI=1S/C9H19NS2/c1-6-10(7-2)8(11)12-9(3,4)5/h6-7H2,1-5H3. The van der Waals surface area contributed by atoms with Crippen molar-refractivity contribution in [2.24, 2.45) is 0 Å². The summed E-state index contributed by atoms with van der Waals surface area (Å²) in [6, 6.07) is 0. The van der Waals surface area contributed by atoms with Gasteiger partial charge in [0.25, 0.3) is 0 Å². The summed E-state index contributed by atoms with van der Waals surface area (Å²) in [6.45, 7) is 12.9. The number of hydrogen-bond donors (Lipinski definition) is 0. The van der Waals surface area contributed by atoms with Crippen LogP contribution in [0.15, 0.2) is 0 Å². The predicted octanol–water partition coefficient (Wildman–Crippen LogP) is 3.14. The van der Waals surface area contributed by atoms with Crippen molar-refractivity contribution in [1.82, 2.24) is 4.90 Å².